The van der Waals surface area contributed by atoms with Crippen LogP contribution < -0.4 is 16.0 Å². The zero-order valence-electron chi connectivity index (χ0n) is 11.3. The summed E-state index contributed by atoms with van der Waals surface area (Å²) in [5.74, 6) is -2.41. The van der Waals surface area contributed by atoms with Crippen molar-refractivity contribution >= 4 is 0 Å². The fourth-order valence-electron chi connectivity index (χ4n) is 3.03. The van der Waals surface area contributed by atoms with E-state index in [9.17, 15) is 14.0 Å². The lowest BCUT2D eigenvalue weighted by Gasteiger charge is -2.23. The van der Waals surface area contributed by atoms with E-state index in [4.69, 9.17) is 18.9 Å². The van der Waals surface area contributed by atoms with Crippen molar-refractivity contribution in [1.82, 2.24) is 9.55 Å². The number of halogens is 1. The molecule has 1 N–H and O–H groups in total. The van der Waals surface area contributed by atoms with Crippen LogP contribution in [0.15, 0.2) is 9.59 Å². The molecule has 2 fully saturated rings. The fraction of sp³-hybridized carbons (Fsp3) is 0.667. The Labute approximate surface area is 117 Å². The molecular weight excluding hydrogens is 287 g/mol. The van der Waals surface area contributed by atoms with Gasteiger partial charge in [0.25, 0.3) is 5.56 Å². The van der Waals surface area contributed by atoms with Crippen LogP contribution in [0.2, 0.25) is 0 Å². The summed E-state index contributed by atoms with van der Waals surface area (Å²) in [4.78, 5) is 25.3. The molecule has 114 valence electrons. The Bertz CT molecular complexity index is 725. The molecule has 1 aromatic heterocycles. The van der Waals surface area contributed by atoms with Gasteiger partial charge >= 0.3 is 5.69 Å². The van der Waals surface area contributed by atoms with E-state index in [0.29, 0.717) is 0 Å². The maximum Gasteiger partial charge on any atom is 0.333 e. The molecule has 2 bridgehead atoms. The molecule has 21 heavy (non-hydrogen) atoms. The largest absolute Gasteiger partial charge is 0.474 e. The van der Waals surface area contributed by atoms with E-state index in [2.05, 4.69) is 0 Å². The summed E-state index contributed by atoms with van der Waals surface area (Å²) in [6, 6.07) is 0. The maximum atomic E-state index is 13.9. The van der Waals surface area contributed by atoms with Crippen LogP contribution in [-0.2, 0) is 14.2 Å². The van der Waals surface area contributed by atoms with Crippen LogP contribution in [0.1, 0.15) is 20.1 Å². The van der Waals surface area contributed by atoms with Gasteiger partial charge in [0.1, 0.15) is 24.9 Å². The van der Waals surface area contributed by atoms with Crippen LogP contribution in [0.5, 0.6) is 5.88 Å². The molecule has 9 heteroatoms. The lowest BCUT2D eigenvalue weighted by molar-refractivity contribution is -0.195. The van der Waals surface area contributed by atoms with Crippen molar-refractivity contribution in [3.63, 3.8) is 0 Å². The predicted molar refractivity (Wildman–Crippen MR) is 64.5 cm³/mol. The Morgan fingerprint density at radius 3 is 2.76 bits per heavy atom. The maximum absolute atomic E-state index is 13.9. The van der Waals surface area contributed by atoms with Gasteiger partial charge in [-0.2, -0.15) is 4.39 Å². The van der Waals surface area contributed by atoms with Crippen molar-refractivity contribution in [2.75, 3.05) is 6.61 Å². The van der Waals surface area contributed by atoms with E-state index < -0.39 is 53.3 Å². The van der Waals surface area contributed by atoms with E-state index in [1.54, 1.807) is 13.8 Å². The van der Waals surface area contributed by atoms with Crippen molar-refractivity contribution in [2.45, 2.75) is 44.2 Å². The Balaban J connectivity index is 1.89. The molecule has 4 heterocycles. The third kappa shape index (κ3) is 1.71. The molecule has 8 nitrogen and oxygen atoms in total. The number of nitrogens with zero attached hydrogens (tertiary/aromatic N) is 1. The number of aromatic amines is 1. The molecule has 0 aromatic carbocycles. The lowest BCUT2D eigenvalue weighted by Crippen LogP contribution is -2.41. The van der Waals surface area contributed by atoms with Gasteiger partial charge in [0.2, 0.25) is 11.7 Å². The number of aromatic nitrogens is 2. The molecule has 0 amide bonds. The first kappa shape index (κ1) is 13.0. The Morgan fingerprint density at radius 1 is 1.29 bits per heavy atom. The second kappa shape index (κ2) is 3.93. The fourth-order valence-corrected chi connectivity index (χ4v) is 3.03. The second-order valence-corrected chi connectivity index (χ2v) is 5.69. The van der Waals surface area contributed by atoms with E-state index in [1.165, 1.54) is 0 Å². The Hall–Kier alpha value is -1.71. The molecule has 3 aliphatic rings. The van der Waals surface area contributed by atoms with Gasteiger partial charge in [-0.25, -0.2) is 9.36 Å². The average molecular weight is 300 g/mol. The van der Waals surface area contributed by atoms with Crippen LogP contribution >= 0.6 is 0 Å². The molecule has 2 saturated heterocycles. The summed E-state index contributed by atoms with van der Waals surface area (Å²) >= 11 is 0. The minimum Gasteiger partial charge on any atom is -0.474 e. The van der Waals surface area contributed by atoms with Gasteiger partial charge in [0, 0.05) is 0 Å². The number of hydrogen-bond acceptors (Lipinski definition) is 6. The topological polar surface area (TPSA) is 91.8 Å². The van der Waals surface area contributed by atoms with Crippen molar-refractivity contribution in [1.29, 1.82) is 0 Å². The zero-order chi connectivity index (χ0) is 14.9. The normalized spacial score (nSPS) is 35.8. The Kier molecular flexibility index (Phi) is 2.43. The molecule has 0 unspecified atom stereocenters. The van der Waals surface area contributed by atoms with Crippen molar-refractivity contribution in [3.05, 3.63) is 26.7 Å². The van der Waals surface area contributed by atoms with E-state index >= 15 is 0 Å². The van der Waals surface area contributed by atoms with Crippen LogP contribution in [0.3, 0.4) is 0 Å². The third-order valence-electron chi connectivity index (χ3n) is 3.81. The number of rotatable bonds is 0. The quantitative estimate of drug-likeness (QED) is 0.693. The Morgan fingerprint density at radius 2 is 2.00 bits per heavy atom. The third-order valence-corrected chi connectivity index (χ3v) is 3.81. The highest BCUT2D eigenvalue weighted by Gasteiger charge is 2.58. The summed E-state index contributed by atoms with van der Waals surface area (Å²) in [7, 11) is 0. The van der Waals surface area contributed by atoms with Gasteiger partial charge in [0.05, 0.1) is 0 Å². The lowest BCUT2D eigenvalue weighted by atomic mass is 10.1. The molecule has 0 saturated carbocycles. The summed E-state index contributed by atoms with van der Waals surface area (Å²) in [6.07, 6.45) is -2.40. The van der Waals surface area contributed by atoms with E-state index in [-0.39, 0.29) is 6.61 Å². The van der Waals surface area contributed by atoms with Crippen LogP contribution in [0.25, 0.3) is 0 Å². The minimum absolute atomic E-state index is 0.0308. The molecule has 0 spiro atoms. The first-order valence-corrected chi connectivity index (χ1v) is 6.55. The summed E-state index contributed by atoms with van der Waals surface area (Å²) in [6.45, 7) is 3.46. The molecule has 4 rings (SSSR count). The van der Waals surface area contributed by atoms with Crippen molar-refractivity contribution in [2.24, 2.45) is 0 Å². The van der Waals surface area contributed by atoms with Crippen LogP contribution in [0.4, 0.5) is 4.39 Å². The zero-order valence-corrected chi connectivity index (χ0v) is 11.3. The highest BCUT2D eigenvalue weighted by atomic mass is 19.1. The van der Waals surface area contributed by atoms with Gasteiger partial charge < -0.3 is 18.9 Å². The van der Waals surface area contributed by atoms with Gasteiger partial charge in [-0.05, 0) is 13.8 Å². The summed E-state index contributed by atoms with van der Waals surface area (Å²) in [5.41, 5.74) is -1.93. The van der Waals surface area contributed by atoms with Gasteiger partial charge in [-0.15, -0.1) is 0 Å². The second-order valence-electron chi connectivity index (χ2n) is 5.69. The predicted octanol–water partition coefficient (Wildman–Crippen LogP) is -0.514. The highest BCUT2D eigenvalue weighted by Crippen LogP contribution is 2.45. The minimum atomic E-state index is -1.15. The monoisotopic (exact) mass is 300 g/mol. The first-order valence-electron chi connectivity index (χ1n) is 6.55. The van der Waals surface area contributed by atoms with Gasteiger partial charge in [0.15, 0.2) is 12.0 Å². The molecular formula is C12H13FN2O6. The van der Waals surface area contributed by atoms with E-state index in [0.717, 1.165) is 4.57 Å². The number of ether oxygens (including phenoxy) is 4. The SMILES string of the molecule is CC1(C)O[C@@H]2[C@H](O1)[C@H]1COc3c(F)c(=O)[nH]c(=O)n3[C@@H]2O1. The van der Waals surface area contributed by atoms with E-state index in [1.807, 2.05) is 4.98 Å². The smallest absolute Gasteiger partial charge is 0.333 e. The van der Waals surface area contributed by atoms with Crippen LogP contribution in [-0.4, -0.2) is 40.3 Å². The number of hydrogen-bond donors (Lipinski definition) is 1. The average Bonchev–Trinajstić information content (AvgIpc) is 2.78. The van der Waals surface area contributed by atoms with Crippen molar-refractivity contribution < 1.29 is 23.3 Å². The van der Waals surface area contributed by atoms with Gasteiger partial charge in [-0.1, -0.05) is 0 Å². The van der Waals surface area contributed by atoms with Crippen LogP contribution in [0, 0.1) is 5.82 Å². The van der Waals surface area contributed by atoms with Gasteiger partial charge in [-0.3, -0.25) is 9.78 Å². The molecule has 1 aromatic rings. The number of H-pyrrole nitrogens is 1. The summed E-state index contributed by atoms with van der Waals surface area (Å²) < 4.78 is 37.3. The molecule has 0 aliphatic carbocycles. The highest BCUT2D eigenvalue weighted by molar-refractivity contribution is 5.16. The molecule has 0 radical (unpaired) electrons. The first-order chi connectivity index (χ1) is 9.87. The molecule has 4 atom stereocenters. The standard InChI is InChI=1S/C12H13FN2O6/c1-12(2)20-6-4-3-18-9-5(13)8(16)14-11(17)15(9)10(19-4)7(6)21-12/h4,6-7,10H,3H2,1-2H3,(H,14,16,17)/t4-,6-,7-,10-/m1/s1. The van der Waals surface area contributed by atoms with Crippen molar-refractivity contribution in [3.8, 4) is 5.88 Å². The number of nitrogens with one attached hydrogen (secondary N) is 1. The number of fused-ring (bicyclic) bond motifs is 7. The molecule has 3 aliphatic heterocycles. The summed E-state index contributed by atoms with van der Waals surface area (Å²) in [5, 5.41) is 0.